The number of fused-ring (bicyclic) bond motifs is 1. The number of hydrazone groups is 1. The molecule has 0 fully saturated rings. The third kappa shape index (κ3) is 3.37. The van der Waals surface area contributed by atoms with Gasteiger partial charge < -0.3 is 4.57 Å². The summed E-state index contributed by atoms with van der Waals surface area (Å²) in [5.74, 6) is -10.8. The maximum atomic E-state index is 13.5. The molecule has 27 heavy (non-hydrogen) atoms. The third-order valence-electron chi connectivity index (χ3n) is 3.83. The molecule has 3 aromatic rings. The fourth-order valence-electron chi connectivity index (χ4n) is 2.44. The quantitative estimate of drug-likeness (QED) is 0.248. The van der Waals surface area contributed by atoms with Gasteiger partial charge in [0.15, 0.2) is 23.3 Å². The lowest BCUT2D eigenvalue weighted by Gasteiger charge is -2.04. The van der Waals surface area contributed by atoms with Gasteiger partial charge in [0.2, 0.25) is 11.7 Å². The topological polar surface area (TPSA) is 59.3 Å². The van der Waals surface area contributed by atoms with Crippen LogP contribution in [0.1, 0.15) is 11.4 Å². The van der Waals surface area contributed by atoms with Gasteiger partial charge in [0.1, 0.15) is 5.82 Å². The van der Waals surface area contributed by atoms with Gasteiger partial charge in [-0.25, -0.2) is 32.4 Å². The standard InChI is InChI=1S/C17H11F5N4O/c1-26-10-5-3-2-4-9(10)24-11(26)6-12(27)25-23-7-8-13(18)15(20)17(22)16(21)14(8)19/h2-5,7H,6H2,1H3,(H,25,27)/b23-7+. The Hall–Kier alpha value is -3.30. The summed E-state index contributed by atoms with van der Waals surface area (Å²) in [6.45, 7) is 0. The van der Waals surface area contributed by atoms with Gasteiger partial charge in [-0.2, -0.15) is 5.10 Å². The predicted octanol–water partition coefficient (Wildman–Crippen LogP) is 2.96. The highest BCUT2D eigenvalue weighted by molar-refractivity contribution is 5.84. The predicted molar refractivity (Wildman–Crippen MR) is 86.4 cm³/mol. The Morgan fingerprint density at radius 2 is 1.67 bits per heavy atom. The van der Waals surface area contributed by atoms with Crippen LogP contribution in [0.3, 0.4) is 0 Å². The van der Waals surface area contributed by atoms with E-state index in [1.165, 1.54) is 0 Å². The first-order valence-electron chi connectivity index (χ1n) is 7.55. The Balaban J connectivity index is 1.75. The molecule has 0 saturated heterocycles. The smallest absolute Gasteiger partial charge is 0.247 e. The van der Waals surface area contributed by atoms with Crippen LogP contribution in [0.25, 0.3) is 11.0 Å². The van der Waals surface area contributed by atoms with Crippen LogP contribution in [0, 0.1) is 29.1 Å². The second-order valence-electron chi connectivity index (χ2n) is 5.53. The number of aryl methyl sites for hydroxylation is 1. The molecule has 140 valence electrons. The molecule has 3 rings (SSSR count). The molecule has 0 unspecified atom stereocenters. The largest absolute Gasteiger partial charge is 0.331 e. The van der Waals surface area contributed by atoms with Crippen LogP contribution in [-0.4, -0.2) is 21.7 Å². The van der Waals surface area contributed by atoms with Gasteiger partial charge in [0, 0.05) is 7.05 Å². The molecule has 1 aromatic heterocycles. The van der Waals surface area contributed by atoms with Crippen molar-refractivity contribution in [1.82, 2.24) is 15.0 Å². The van der Waals surface area contributed by atoms with Crippen molar-refractivity contribution in [3.63, 3.8) is 0 Å². The lowest BCUT2D eigenvalue weighted by molar-refractivity contribution is -0.120. The lowest BCUT2D eigenvalue weighted by atomic mass is 10.2. The fraction of sp³-hybridized carbons (Fsp3) is 0.118. The average molecular weight is 382 g/mol. The number of imidazole rings is 1. The molecule has 0 bridgehead atoms. The number of halogens is 5. The molecule has 1 heterocycles. The van der Waals surface area contributed by atoms with Crippen LogP contribution in [0.2, 0.25) is 0 Å². The van der Waals surface area contributed by atoms with E-state index >= 15 is 0 Å². The maximum absolute atomic E-state index is 13.5. The fourth-order valence-corrected chi connectivity index (χ4v) is 2.44. The second-order valence-corrected chi connectivity index (χ2v) is 5.53. The summed E-state index contributed by atoms with van der Waals surface area (Å²) in [7, 11) is 1.70. The molecule has 0 aliphatic carbocycles. The van der Waals surface area contributed by atoms with Crippen molar-refractivity contribution in [1.29, 1.82) is 0 Å². The van der Waals surface area contributed by atoms with Crippen molar-refractivity contribution >= 4 is 23.2 Å². The van der Waals surface area contributed by atoms with E-state index < -0.39 is 40.6 Å². The summed E-state index contributed by atoms with van der Waals surface area (Å²) < 4.78 is 67.9. The van der Waals surface area contributed by atoms with Crippen molar-refractivity contribution in [3.05, 3.63) is 64.7 Å². The monoisotopic (exact) mass is 382 g/mol. The highest BCUT2D eigenvalue weighted by atomic mass is 19.2. The second kappa shape index (κ2) is 7.14. The molecule has 0 aliphatic rings. The Bertz CT molecular complexity index is 1050. The first-order valence-corrected chi connectivity index (χ1v) is 7.55. The minimum absolute atomic E-state index is 0.209. The number of para-hydroxylation sites is 2. The minimum Gasteiger partial charge on any atom is -0.331 e. The normalized spacial score (nSPS) is 11.5. The van der Waals surface area contributed by atoms with E-state index in [0.29, 0.717) is 17.6 Å². The summed E-state index contributed by atoms with van der Waals surface area (Å²) in [6.07, 6.45) is 0.142. The van der Waals surface area contributed by atoms with Crippen LogP contribution in [0.15, 0.2) is 29.4 Å². The minimum atomic E-state index is -2.27. The number of benzene rings is 2. The van der Waals surface area contributed by atoms with E-state index in [1.807, 2.05) is 17.6 Å². The van der Waals surface area contributed by atoms with Gasteiger partial charge in [-0.3, -0.25) is 4.79 Å². The van der Waals surface area contributed by atoms with Crippen molar-refractivity contribution in [2.45, 2.75) is 6.42 Å². The number of carbonyl (C=O) groups excluding carboxylic acids is 1. The Kier molecular flexibility index (Phi) is 4.89. The summed E-state index contributed by atoms with van der Waals surface area (Å²) in [6, 6.07) is 7.17. The Morgan fingerprint density at radius 3 is 2.30 bits per heavy atom. The molecule has 0 spiro atoms. The van der Waals surface area contributed by atoms with Gasteiger partial charge >= 0.3 is 0 Å². The van der Waals surface area contributed by atoms with E-state index in [9.17, 15) is 26.7 Å². The number of amides is 1. The number of hydrogen-bond donors (Lipinski definition) is 1. The van der Waals surface area contributed by atoms with Crippen molar-refractivity contribution in [2.24, 2.45) is 12.1 Å². The van der Waals surface area contributed by atoms with Crippen LogP contribution in [0.4, 0.5) is 22.0 Å². The van der Waals surface area contributed by atoms with Gasteiger partial charge in [0.05, 0.1) is 29.2 Å². The molecule has 0 aliphatic heterocycles. The zero-order valence-electron chi connectivity index (χ0n) is 13.7. The molecule has 0 radical (unpaired) electrons. The number of nitrogens with zero attached hydrogens (tertiary/aromatic N) is 3. The number of hydrogen-bond acceptors (Lipinski definition) is 3. The number of rotatable bonds is 4. The number of aromatic nitrogens is 2. The van der Waals surface area contributed by atoms with E-state index in [1.54, 1.807) is 23.7 Å². The SMILES string of the molecule is Cn1c(CC(=O)N/N=C/c2c(F)c(F)c(F)c(F)c2F)nc2ccccc21. The first kappa shape index (κ1) is 18.5. The first-order chi connectivity index (χ1) is 12.8. The van der Waals surface area contributed by atoms with Crippen molar-refractivity contribution < 1.29 is 26.7 Å². The zero-order valence-corrected chi connectivity index (χ0v) is 13.7. The van der Waals surface area contributed by atoms with Gasteiger partial charge in [-0.1, -0.05) is 12.1 Å². The highest BCUT2D eigenvalue weighted by Gasteiger charge is 2.24. The zero-order chi connectivity index (χ0) is 19.7. The molecular formula is C17H11F5N4O. The Morgan fingerprint density at radius 1 is 1.07 bits per heavy atom. The molecule has 5 nitrogen and oxygen atoms in total. The van der Waals surface area contributed by atoms with E-state index in [2.05, 4.69) is 10.1 Å². The molecular weight excluding hydrogens is 371 g/mol. The third-order valence-corrected chi connectivity index (χ3v) is 3.83. The molecule has 0 saturated carbocycles. The molecule has 1 amide bonds. The highest BCUT2D eigenvalue weighted by Crippen LogP contribution is 2.21. The Labute approximate surface area is 149 Å². The molecule has 2 aromatic carbocycles. The average Bonchev–Trinajstić information content (AvgIpc) is 2.97. The summed E-state index contributed by atoms with van der Waals surface area (Å²) in [4.78, 5) is 16.2. The molecule has 10 heteroatoms. The number of carbonyl (C=O) groups is 1. The summed E-state index contributed by atoms with van der Waals surface area (Å²) in [5, 5.41) is 3.26. The van der Waals surface area contributed by atoms with E-state index in [0.717, 1.165) is 5.52 Å². The van der Waals surface area contributed by atoms with Crippen LogP contribution in [0.5, 0.6) is 0 Å². The van der Waals surface area contributed by atoms with Crippen molar-refractivity contribution in [2.75, 3.05) is 0 Å². The molecule has 1 N–H and O–H groups in total. The van der Waals surface area contributed by atoms with E-state index in [4.69, 9.17) is 0 Å². The van der Waals surface area contributed by atoms with Crippen LogP contribution in [-0.2, 0) is 18.3 Å². The maximum Gasteiger partial charge on any atom is 0.247 e. The summed E-state index contributed by atoms with van der Waals surface area (Å²) in [5.41, 5.74) is 2.18. The van der Waals surface area contributed by atoms with Gasteiger partial charge in [0.25, 0.3) is 0 Å². The van der Waals surface area contributed by atoms with Crippen molar-refractivity contribution in [3.8, 4) is 0 Å². The van der Waals surface area contributed by atoms with Crippen LogP contribution < -0.4 is 5.43 Å². The summed E-state index contributed by atoms with van der Waals surface area (Å²) >= 11 is 0. The number of nitrogens with one attached hydrogen (secondary N) is 1. The lowest BCUT2D eigenvalue weighted by Crippen LogP contribution is -2.21. The van der Waals surface area contributed by atoms with E-state index in [-0.39, 0.29) is 6.42 Å². The molecule has 0 atom stereocenters. The van der Waals surface area contributed by atoms with Gasteiger partial charge in [-0.15, -0.1) is 0 Å². The van der Waals surface area contributed by atoms with Crippen LogP contribution >= 0.6 is 0 Å². The van der Waals surface area contributed by atoms with Gasteiger partial charge in [-0.05, 0) is 12.1 Å².